The molecule has 2 unspecified atom stereocenters. The Kier molecular flexibility index (Phi) is 5.48. The van der Waals surface area contributed by atoms with Crippen molar-refractivity contribution < 1.29 is 15.0 Å². The van der Waals surface area contributed by atoms with E-state index in [9.17, 15) is 9.90 Å². The molecule has 0 aliphatic heterocycles. The normalized spacial score (nSPS) is 16.4. The van der Waals surface area contributed by atoms with Crippen LogP contribution >= 0.6 is 11.8 Å². The Hall–Kier alpha value is -0.260. The molecule has 2 atom stereocenters. The van der Waals surface area contributed by atoms with E-state index in [4.69, 9.17) is 5.11 Å². The quantitative estimate of drug-likeness (QED) is 0.602. The molecule has 0 aromatic heterocycles. The lowest BCUT2D eigenvalue weighted by molar-refractivity contribution is -0.137. The number of carbonyl (C=O) groups is 1. The third-order valence-electron chi connectivity index (χ3n) is 1.54. The number of carboxylic acids is 1. The number of carboxylic acid groups (broad SMARTS) is 1. The lowest BCUT2D eigenvalue weighted by atomic mass is 10.2. The molecule has 3 N–H and O–H groups in total. The van der Waals surface area contributed by atoms with Gasteiger partial charge in [-0.2, -0.15) is 0 Å². The van der Waals surface area contributed by atoms with Crippen molar-refractivity contribution in [3.05, 3.63) is 0 Å². The summed E-state index contributed by atoms with van der Waals surface area (Å²) in [7, 11) is 1.60. The molecule has 0 amide bonds. The van der Waals surface area contributed by atoms with E-state index in [1.54, 1.807) is 7.05 Å². The number of aliphatic hydroxyl groups is 1. The van der Waals surface area contributed by atoms with E-state index in [0.717, 1.165) is 0 Å². The van der Waals surface area contributed by atoms with Gasteiger partial charge in [-0.1, -0.05) is 20.8 Å². The van der Waals surface area contributed by atoms with Crippen LogP contribution in [0, 0.1) is 0 Å². The first kappa shape index (κ1) is 13.7. The SMILES string of the molecule is CNC(O)CC(SC(C)(C)C)C(=O)O. The van der Waals surface area contributed by atoms with E-state index in [1.165, 1.54) is 11.8 Å². The van der Waals surface area contributed by atoms with E-state index in [0.29, 0.717) is 0 Å². The Bertz CT molecular complexity index is 191. The number of nitrogens with one attached hydrogen (secondary N) is 1. The van der Waals surface area contributed by atoms with Gasteiger partial charge in [-0.05, 0) is 7.05 Å². The molecule has 0 saturated heterocycles. The highest BCUT2D eigenvalue weighted by molar-refractivity contribution is 8.01. The summed E-state index contributed by atoms with van der Waals surface area (Å²) in [5, 5.41) is 20.3. The van der Waals surface area contributed by atoms with E-state index >= 15 is 0 Å². The molecule has 0 aliphatic carbocycles. The summed E-state index contributed by atoms with van der Waals surface area (Å²) in [4.78, 5) is 10.9. The molecule has 0 radical (unpaired) electrons. The van der Waals surface area contributed by atoms with Crippen molar-refractivity contribution in [3.63, 3.8) is 0 Å². The van der Waals surface area contributed by atoms with Crippen LogP contribution in [0.15, 0.2) is 0 Å². The fraction of sp³-hybridized carbons (Fsp3) is 0.889. The fourth-order valence-electron chi connectivity index (χ4n) is 0.947. The van der Waals surface area contributed by atoms with Crippen LogP contribution in [0.25, 0.3) is 0 Å². The standard InChI is InChI=1S/C9H19NO3S/c1-9(2,3)14-6(8(12)13)5-7(11)10-4/h6-7,10-11H,5H2,1-4H3,(H,12,13). The van der Waals surface area contributed by atoms with Crippen molar-refractivity contribution in [1.82, 2.24) is 5.32 Å². The highest BCUT2D eigenvalue weighted by Gasteiger charge is 2.26. The Morgan fingerprint density at radius 1 is 1.50 bits per heavy atom. The van der Waals surface area contributed by atoms with Crippen LogP contribution in [0.1, 0.15) is 27.2 Å². The molecule has 84 valence electrons. The van der Waals surface area contributed by atoms with E-state index in [-0.39, 0.29) is 11.2 Å². The average molecular weight is 221 g/mol. The fourth-order valence-corrected chi connectivity index (χ4v) is 2.18. The number of hydrogen-bond donors (Lipinski definition) is 3. The minimum absolute atomic E-state index is 0.115. The summed E-state index contributed by atoms with van der Waals surface area (Å²) in [5.74, 6) is -0.876. The zero-order valence-electron chi connectivity index (χ0n) is 9.07. The van der Waals surface area contributed by atoms with Gasteiger partial charge in [0.25, 0.3) is 0 Å². The predicted molar refractivity (Wildman–Crippen MR) is 58.5 cm³/mol. The Balaban J connectivity index is 4.24. The van der Waals surface area contributed by atoms with Crippen molar-refractivity contribution in [3.8, 4) is 0 Å². The van der Waals surface area contributed by atoms with Crippen LogP contribution in [0.3, 0.4) is 0 Å². The summed E-state index contributed by atoms with van der Waals surface area (Å²) >= 11 is 1.35. The van der Waals surface area contributed by atoms with Crippen LogP contribution in [-0.4, -0.2) is 39.5 Å². The second kappa shape index (κ2) is 5.58. The maximum atomic E-state index is 10.9. The maximum Gasteiger partial charge on any atom is 0.316 e. The van der Waals surface area contributed by atoms with Crippen LogP contribution in [0.2, 0.25) is 0 Å². The van der Waals surface area contributed by atoms with Crippen molar-refractivity contribution >= 4 is 17.7 Å². The smallest absolute Gasteiger partial charge is 0.316 e. The third kappa shape index (κ3) is 6.23. The molecule has 0 aliphatic rings. The molecule has 4 nitrogen and oxygen atoms in total. The second-order valence-corrected chi connectivity index (χ2v) is 6.13. The van der Waals surface area contributed by atoms with E-state index in [1.807, 2.05) is 20.8 Å². The zero-order valence-corrected chi connectivity index (χ0v) is 9.89. The number of thioether (sulfide) groups is 1. The number of aliphatic hydroxyl groups excluding tert-OH is 1. The maximum absolute atomic E-state index is 10.9. The third-order valence-corrected chi connectivity index (χ3v) is 2.93. The first-order chi connectivity index (χ1) is 6.26. The molecule has 0 fully saturated rings. The van der Waals surface area contributed by atoms with Crippen LogP contribution in [-0.2, 0) is 4.79 Å². The minimum Gasteiger partial charge on any atom is -0.480 e. The summed E-state index contributed by atoms with van der Waals surface area (Å²) in [5.41, 5.74) is 0. The molecular weight excluding hydrogens is 202 g/mol. The van der Waals surface area contributed by atoms with Gasteiger partial charge in [0.2, 0.25) is 0 Å². The number of aliphatic carboxylic acids is 1. The molecule has 0 aromatic rings. The van der Waals surface area contributed by atoms with Gasteiger partial charge in [0.1, 0.15) is 11.5 Å². The summed E-state index contributed by atoms with van der Waals surface area (Å²) < 4.78 is -0.115. The van der Waals surface area contributed by atoms with Crippen LogP contribution in [0.4, 0.5) is 0 Å². The molecule has 0 aromatic carbocycles. The van der Waals surface area contributed by atoms with E-state index < -0.39 is 17.4 Å². The van der Waals surface area contributed by atoms with Gasteiger partial charge in [-0.25, -0.2) is 0 Å². The van der Waals surface area contributed by atoms with E-state index in [2.05, 4.69) is 5.32 Å². The van der Waals surface area contributed by atoms with Gasteiger partial charge in [0.05, 0.1) is 0 Å². The summed E-state index contributed by atoms with van der Waals surface area (Å²) in [6, 6.07) is 0. The summed E-state index contributed by atoms with van der Waals surface area (Å²) in [6.45, 7) is 5.87. The van der Waals surface area contributed by atoms with Gasteiger partial charge >= 0.3 is 5.97 Å². The lowest BCUT2D eigenvalue weighted by Crippen LogP contribution is -2.33. The van der Waals surface area contributed by atoms with Crippen molar-refractivity contribution in [1.29, 1.82) is 0 Å². The molecule has 0 bridgehead atoms. The van der Waals surface area contributed by atoms with Crippen molar-refractivity contribution in [2.45, 2.75) is 43.4 Å². The van der Waals surface area contributed by atoms with Gasteiger partial charge in [-0.3, -0.25) is 10.1 Å². The first-order valence-electron chi connectivity index (χ1n) is 4.52. The van der Waals surface area contributed by atoms with Gasteiger partial charge in [0.15, 0.2) is 0 Å². The number of hydrogen-bond acceptors (Lipinski definition) is 4. The van der Waals surface area contributed by atoms with Crippen molar-refractivity contribution in [2.75, 3.05) is 7.05 Å². The molecule has 0 spiro atoms. The highest BCUT2D eigenvalue weighted by Crippen LogP contribution is 2.30. The Morgan fingerprint density at radius 3 is 2.29 bits per heavy atom. The molecule has 0 heterocycles. The Labute approximate surface area is 89.1 Å². The van der Waals surface area contributed by atoms with Gasteiger partial charge in [-0.15, -0.1) is 11.8 Å². The predicted octanol–water partition coefficient (Wildman–Crippen LogP) is 0.899. The topological polar surface area (TPSA) is 69.6 Å². The molecule has 5 heteroatoms. The van der Waals surface area contributed by atoms with Crippen LogP contribution < -0.4 is 5.32 Å². The molecule has 0 saturated carbocycles. The highest BCUT2D eigenvalue weighted by atomic mass is 32.2. The molecular formula is C9H19NO3S. The number of rotatable bonds is 5. The first-order valence-corrected chi connectivity index (χ1v) is 5.40. The van der Waals surface area contributed by atoms with Crippen molar-refractivity contribution in [2.24, 2.45) is 0 Å². The van der Waals surface area contributed by atoms with Gasteiger partial charge in [0, 0.05) is 11.2 Å². The van der Waals surface area contributed by atoms with Gasteiger partial charge < -0.3 is 10.2 Å². The minimum atomic E-state index is -0.876. The molecule has 14 heavy (non-hydrogen) atoms. The summed E-state index contributed by atoms with van der Waals surface area (Å²) in [6.07, 6.45) is -0.542. The zero-order chi connectivity index (χ0) is 11.4. The Morgan fingerprint density at radius 2 is 2.00 bits per heavy atom. The largest absolute Gasteiger partial charge is 0.480 e. The van der Waals surface area contributed by atoms with Crippen LogP contribution in [0.5, 0.6) is 0 Å². The average Bonchev–Trinajstić information content (AvgIpc) is 2.00. The second-order valence-electron chi connectivity index (χ2n) is 4.10. The molecule has 0 rings (SSSR count). The lowest BCUT2D eigenvalue weighted by Gasteiger charge is -2.24. The monoisotopic (exact) mass is 221 g/mol.